The average Bonchev–Trinajstić information content (AvgIpc) is 2.72. The minimum atomic E-state index is -0.267. The summed E-state index contributed by atoms with van der Waals surface area (Å²) in [6.07, 6.45) is 0. The van der Waals surface area contributed by atoms with Crippen molar-refractivity contribution in [2.75, 3.05) is 0 Å². The summed E-state index contributed by atoms with van der Waals surface area (Å²) in [5, 5.41) is 14.4. The SMILES string of the molecule is Cc1ccc(C(=O)NCc2cc(Br)cs2)c(O)c1. The number of nitrogens with one attached hydrogen (secondary N) is 1. The molecule has 1 aromatic heterocycles. The van der Waals surface area contributed by atoms with E-state index in [1.54, 1.807) is 29.5 Å². The molecule has 1 aromatic carbocycles. The highest BCUT2D eigenvalue weighted by atomic mass is 79.9. The molecule has 5 heteroatoms. The quantitative estimate of drug-likeness (QED) is 0.908. The number of hydrogen-bond acceptors (Lipinski definition) is 3. The second kappa shape index (κ2) is 5.54. The molecule has 0 saturated carbocycles. The van der Waals surface area contributed by atoms with Crippen LogP contribution in [0.4, 0.5) is 0 Å². The molecule has 0 saturated heterocycles. The van der Waals surface area contributed by atoms with Gasteiger partial charge in [0.15, 0.2) is 0 Å². The van der Waals surface area contributed by atoms with Gasteiger partial charge in [-0.1, -0.05) is 6.07 Å². The molecule has 0 aliphatic heterocycles. The van der Waals surface area contributed by atoms with Crippen LogP contribution >= 0.6 is 27.3 Å². The summed E-state index contributed by atoms with van der Waals surface area (Å²) in [5.41, 5.74) is 1.22. The van der Waals surface area contributed by atoms with Gasteiger partial charge in [0.2, 0.25) is 0 Å². The highest BCUT2D eigenvalue weighted by Gasteiger charge is 2.10. The van der Waals surface area contributed by atoms with Crippen LogP contribution in [0.2, 0.25) is 0 Å². The van der Waals surface area contributed by atoms with Crippen molar-refractivity contribution in [2.24, 2.45) is 0 Å². The van der Waals surface area contributed by atoms with Gasteiger partial charge >= 0.3 is 0 Å². The number of aromatic hydroxyl groups is 1. The first-order valence-electron chi connectivity index (χ1n) is 5.37. The van der Waals surface area contributed by atoms with Crippen molar-refractivity contribution in [3.63, 3.8) is 0 Å². The van der Waals surface area contributed by atoms with E-state index >= 15 is 0 Å². The van der Waals surface area contributed by atoms with Gasteiger partial charge in [0.25, 0.3) is 5.91 Å². The molecule has 0 spiro atoms. The molecule has 2 aromatic rings. The van der Waals surface area contributed by atoms with Gasteiger partial charge < -0.3 is 10.4 Å². The zero-order chi connectivity index (χ0) is 13.1. The summed E-state index contributed by atoms with van der Waals surface area (Å²) in [6.45, 7) is 2.33. The van der Waals surface area contributed by atoms with E-state index in [1.807, 2.05) is 18.4 Å². The molecule has 0 unspecified atom stereocenters. The highest BCUT2D eigenvalue weighted by molar-refractivity contribution is 9.10. The van der Waals surface area contributed by atoms with Crippen molar-refractivity contribution in [3.8, 4) is 5.75 Å². The predicted octanol–water partition coefficient (Wildman–Crippen LogP) is 3.45. The minimum Gasteiger partial charge on any atom is -0.507 e. The van der Waals surface area contributed by atoms with Crippen LogP contribution in [0.25, 0.3) is 0 Å². The third kappa shape index (κ3) is 3.11. The molecular weight excluding hydrogens is 314 g/mol. The number of thiophene rings is 1. The van der Waals surface area contributed by atoms with Crippen molar-refractivity contribution in [1.29, 1.82) is 0 Å². The van der Waals surface area contributed by atoms with E-state index in [4.69, 9.17) is 0 Å². The van der Waals surface area contributed by atoms with Gasteiger partial charge in [-0.2, -0.15) is 0 Å². The molecule has 0 fully saturated rings. The van der Waals surface area contributed by atoms with Crippen LogP contribution in [0.1, 0.15) is 20.8 Å². The van der Waals surface area contributed by atoms with Crippen LogP contribution < -0.4 is 5.32 Å². The first kappa shape index (κ1) is 13.1. The summed E-state index contributed by atoms with van der Waals surface area (Å²) < 4.78 is 1.01. The fourth-order valence-corrected chi connectivity index (χ4v) is 2.93. The molecule has 1 heterocycles. The van der Waals surface area contributed by atoms with Gasteiger partial charge in [0.1, 0.15) is 5.75 Å². The number of hydrogen-bond donors (Lipinski definition) is 2. The standard InChI is InChI=1S/C13H12BrNO2S/c1-8-2-3-11(12(16)4-8)13(17)15-6-10-5-9(14)7-18-10/h2-5,7,16H,6H2,1H3,(H,15,17). The smallest absolute Gasteiger partial charge is 0.255 e. The van der Waals surface area contributed by atoms with Gasteiger partial charge in [-0.15, -0.1) is 11.3 Å². The van der Waals surface area contributed by atoms with Gasteiger partial charge in [-0.3, -0.25) is 4.79 Å². The summed E-state index contributed by atoms with van der Waals surface area (Å²) in [4.78, 5) is 12.9. The fourth-order valence-electron chi connectivity index (χ4n) is 1.54. The van der Waals surface area contributed by atoms with Crippen LogP contribution in [0.3, 0.4) is 0 Å². The minimum absolute atomic E-state index is 0.0138. The maximum atomic E-state index is 11.9. The van der Waals surface area contributed by atoms with Gasteiger partial charge in [-0.05, 0) is 46.6 Å². The van der Waals surface area contributed by atoms with E-state index in [0.717, 1.165) is 14.9 Å². The third-order valence-corrected chi connectivity index (χ3v) is 4.14. The lowest BCUT2D eigenvalue weighted by atomic mass is 10.1. The first-order valence-corrected chi connectivity index (χ1v) is 7.04. The number of phenolic OH excluding ortho intramolecular Hbond substituents is 1. The number of amides is 1. The first-order chi connectivity index (χ1) is 8.56. The van der Waals surface area contributed by atoms with Crippen molar-refractivity contribution in [1.82, 2.24) is 5.32 Å². The molecule has 2 rings (SSSR count). The second-order valence-electron chi connectivity index (χ2n) is 3.93. The van der Waals surface area contributed by atoms with Gasteiger partial charge in [-0.25, -0.2) is 0 Å². The average molecular weight is 326 g/mol. The van der Waals surface area contributed by atoms with Crippen LogP contribution in [-0.4, -0.2) is 11.0 Å². The molecule has 0 aliphatic carbocycles. The number of halogens is 1. The summed E-state index contributed by atoms with van der Waals surface area (Å²) >= 11 is 4.93. The van der Waals surface area contributed by atoms with E-state index in [9.17, 15) is 9.90 Å². The number of carbonyl (C=O) groups is 1. The van der Waals surface area contributed by atoms with Crippen molar-refractivity contribution in [3.05, 3.63) is 50.1 Å². The number of aryl methyl sites for hydroxylation is 1. The number of phenols is 1. The number of rotatable bonds is 3. The Hall–Kier alpha value is -1.33. The zero-order valence-electron chi connectivity index (χ0n) is 9.74. The van der Waals surface area contributed by atoms with E-state index in [0.29, 0.717) is 12.1 Å². The Kier molecular flexibility index (Phi) is 4.04. The number of carbonyl (C=O) groups excluding carboxylic acids is 1. The lowest BCUT2D eigenvalue weighted by Crippen LogP contribution is -2.22. The van der Waals surface area contributed by atoms with Crippen LogP contribution in [0.15, 0.2) is 34.1 Å². The van der Waals surface area contributed by atoms with Gasteiger partial charge in [0.05, 0.1) is 12.1 Å². The van der Waals surface area contributed by atoms with E-state index in [-0.39, 0.29) is 11.7 Å². The Morgan fingerprint density at radius 3 is 2.83 bits per heavy atom. The fraction of sp³-hybridized carbons (Fsp3) is 0.154. The predicted molar refractivity (Wildman–Crippen MR) is 76.0 cm³/mol. The summed E-state index contributed by atoms with van der Waals surface area (Å²) in [7, 11) is 0. The molecule has 1 amide bonds. The van der Waals surface area contributed by atoms with Crippen LogP contribution in [0, 0.1) is 6.92 Å². The van der Waals surface area contributed by atoms with E-state index in [2.05, 4.69) is 21.2 Å². The molecule has 18 heavy (non-hydrogen) atoms. The van der Waals surface area contributed by atoms with E-state index < -0.39 is 0 Å². The lowest BCUT2D eigenvalue weighted by Gasteiger charge is -2.06. The maximum Gasteiger partial charge on any atom is 0.255 e. The monoisotopic (exact) mass is 325 g/mol. The number of benzene rings is 1. The van der Waals surface area contributed by atoms with Crippen LogP contribution in [-0.2, 0) is 6.54 Å². The Bertz CT molecular complexity index is 580. The molecule has 0 aliphatic rings. The van der Waals surface area contributed by atoms with Crippen molar-refractivity contribution < 1.29 is 9.90 Å². The maximum absolute atomic E-state index is 11.9. The molecule has 94 valence electrons. The Morgan fingerprint density at radius 1 is 1.44 bits per heavy atom. The largest absolute Gasteiger partial charge is 0.507 e. The Morgan fingerprint density at radius 2 is 2.22 bits per heavy atom. The molecular formula is C13H12BrNO2S. The molecule has 3 nitrogen and oxygen atoms in total. The summed E-state index contributed by atoms with van der Waals surface area (Å²) in [5.74, 6) is -0.253. The molecule has 0 atom stereocenters. The Balaban J connectivity index is 2.03. The molecule has 0 bridgehead atoms. The summed E-state index contributed by atoms with van der Waals surface area (Å²) in [6, 6.07) is 6.97. The van der Waals surface area contributed by atoms with Crippen LogP contribution in [0.5, 0.6) is 5.75 Å². The normalized spacial score (nSPS) is 10.3. The highest BCUT2D eigenvalue weighted by Crippen LogP contribution is 2.21. The lowest BCUT2D eigenvalue weighted by molar-refractivity contribution is 0.0948. The van der Waals surface area contributed by atoms with Crippen molar-refractivity contribution >= 4 is 33.2 Å². The second-order valence-corrected chi connectivity index (χ2v) is 5.85. The molecule has 2 N–H and O–H groups in total. The zero-order valence-corrected chi connectivity index (χ0v) is 12.1. The third-order valence-electron chi connectivity index (χ3n) is 2.44. The van der Waals surface area contributed by atoms with Gasteiger partial charge in [0, 0.05) is 14.7 Å². The Labute approximate surface area is 118 Å². The van der Waals surface area contributed by atoms with E-state index in [1.165, 1.54) is 0 Å². The topological polar surface area (TPSA) is 49.3 Å². The molecule has 0 radical (unpaired) electrons. The van der Waals surface area contributed by atoms with Crippen molar-refractivity contribution in [2.45, 2.75) is 13.5 Å².